The Morgan fingerprint density at radius 1 is 1.09 bits per heavy atom. The fourth-order valence-corrected chi connectivity index (χ4v) is 2.63. The van der Waals surface area contributed by atoms with E-state index in [-0.39, 0.29) is 12.7 Å². The van der Waals surface area contributed by atoms with E-state index < -0.39 is 0 Å². The lowest BCUT2D eigenvalue weighted by atomic mass is 9.92. The topological polar surface area (TPSA) is 36.9 Å². The number of rotatable bonds is 5. The van der Waals surface area contributed by atoms with Crippen molar-refractivity contribution >= 4 is 0 Å². The Hall–Kier alpha value is -2.36. The molecule has 0 aliphatic carbocycles. The minimum Gasteiger partial charge on any atom is -0.497 e. The fourth-order valence-electron chi connectivity index (χ4n) is 2.63. The van der Waals surface area contributed by atoms with Crippen LogP contribution in [0.25, 0.3) is 0 Å². The molecule has 2 aromatic carbocycles. The number of benzene rings is 2. The minimum absolute atomic E-state index is 0.182. The van der Waals surface area contributed by atoms with Gasteiger partial charge in [-0.3, -0.25) is 0 Å². The van der Waals surface area contributed by atoms with E-state index in [1.807, 2.05) is 31.2 Å². The molecule has 4 heteroatoms. The molecule has 2 aromatic rings. The predicted octanol–water partition coefficient (Wildman–Crippen LogP) is 3.97. The number of hydrogen-bond acceptors (Lipinski definition) is 4. The maximum atomic E-state index is 5.79. The maximum Gasteiger partial charge on any atom is 0.231 e. The summed E-state index contributed by atoms with van der Waals surface area (Å²) in [6, 6.07) is 12.0. The van der Waals surface area contributed by atoms with Crippen molar-refractivity contribution in [1.29, 1.82) is 0 Å². The van der Waals surface area contributed by atoms with Crippen molar-refractivity contribution in [3.8, 4) is 23.0 Å². The van der Waals surface area contributed by atoms with Crippen molar-refractivity contribution in [1.82, 2.24) is 0 Å². The molecule has 0 fully saturated rings. The van der Waals surface area contributed by atoms with E-state index in [9.17, 15) is 0 Å². The summed E-state index contributed by atoms with van der Waals surface area (Å²) in [5, 5.41) is 0. The molecule has 0 unspecified atom stereocenters. The van der Waals surface area contributed by atoms with E-state index in [0.29, 0.717) is 6.61 Å². The van der Waals surface area contributed by atoms with Gasteiger partial charge < -0.3 is 18.9 Å². The summed E-state index contributed by atoms with van der Waals surface area (Å²) in [6.45, 7) is 5.01. The number of methoxy groups -OCH3 is 1. The summed E-state index contributed by atoms with van der Waals surface area (Å²) >= 11 is 0. The summed E-state index contributed by atoms with van der Waals surface area (Å²) < 4.78 is 21.9. The lowest BCUT2D eigenvalue weighted by Crippen LogP contribution is -2.02. The molecule has 0 saturated carbocycles. The number of ether oxygens (including phenoxy) is 4. The Morgan fingerprint density at radius 2 is 1.77 bits per heavy atom. The van der Waals surface area contributed by atoms with Gasteiger partial charge >= 0.3 is 0 Å². The average Bonchev–Trinajstić information content (AvgIpc) is 3.01. The van der Waals surface area contributed by atoms with E-state index in [1.54, 1.807) is 7.11 Å². The van der Waals surface area contributed by atoms with Crippen molar-refractivity contribution in [3.63, 3.8) is 0 Å². The van der Waals surface area contributed by atoms with Gasteiger partial charge in [-0.1, -0.05) is 19.1 Å². The SMILES string of the molecule is CCOc1cc2c(cc1[C@H](C)c1ccc(OC)cc1)OCO2. The van der Waals surface area contributed by atoms with Crippen LogP contribution in [-0.4, -0.2) is 20.5 Å². The Balaban J connectivity index is 1.97. The van der Waals surface area contributed by atoms with E-state index in [2.05, 4.69) is 19.1 Å². The molecule has 0 saturated heterocycles. The molecule has 0 bridgehead atoms. The van der Waals surface area contributed by atoms with Gasteiger partial charge in [0.2, 0.25) is 6.79 Å². The first-order valence-electron chi connectivity index (χ1n) is 7.43. The molecule has 0 radical (unpaired) electrons. The van der Waals surface area contributed by atoms with Gasteiger partial charge in [0.25, 0.3) is 0 Å². The maximum absolute atomic E-state index is 5.79. The van der Waals surface area contributed by atoms with E-state index in [0.717, 1.165) is 28.6 Å². The monoisotopic (exact) mass is 300 g/mol. The van der Waals surface area contributed by atoms with Crippen molar-refractivity contribution in [2.75, 3.05) is 20.5 Å². The summed E-state index contributed by atoms with van der Waals surface area (Å²) in [5.74, 6) is 3.40. The van der Waals surface area contributed by atoms with Crippen molar-refractivity contribution in [2.24, 2.45) is 0 Å². The van der Waals surface area contributed by atoms with Crippen LogP contribution in [0, 0.1) is 0 Å². The molecule has 0 spiro atoms. The largest absolute Gasteiger partial charge is 0.497 e. The van der Waals surface area contributed by atoms with E-state index in [4.69, 9.17) is 18.9 Å². The third-order valence-corrected chi connectivity index (χ3v) is 3.89. The van der Waals surface area contributed by atoms with Crippen LogP contribution in [0.15, 0.2) is 36.4 Å². The Morgan fingerprint density at radius 3 is 2.41 bits per heavy atom. The Kier molecular flexibility index (Phi) is 4.09. The van der Waals surface area contributed by atoms with Crippen LogP contribution < -0.4 is 18.9 Å². The smallest absolute Gasteiger partial charge is 0.231 e. The third-order valence-electron chi connectivity index (χ3n) is 3.89. The van der Waals surface area contributed by atoms with Crippen LogP contribution in [0.4, 0.5) is 0 Å². The lowest BCUT2D eigenvalue weighted by Gasteiger charge is -2.18. The second-order valence-corrected chi connectivity index (χ2v) is 5.17. The van der Waals surface area contributed by atoms with Crippen molar-refractivity contribution < 1.29 is 18.9 Å². The molecule has 116 valence electrons. The normalized spacial score (nSPS) is 13.8. The van der Waals surface area contributed by atoms with E-state index in [1.165, 1.54) is 5.56 Å². The highest BCUT2D eigenvalue weighted by atomic mass is 16.7. The van der Waals surface area contributed by atoms with Crippen molar-refractivity contribution in [2.45, 2.75) is 19.8 Å². The van der Waals surface area contributed by atoms with Crippen LogP contribution in [0.5, 0.6) is 23.0 Å². The molecule has 3 rings (SSSR count). The minimum atomic E-state index is 0.182. The summed E-state index contributed by atoms with van der Waals surface area (Å²) in [5.41, 5.74) is 2.29. The van der Waals surface area contributed by atoms with E-state index >= 15 is 0 Å². The molecule has 4 nitrogen and oxygen atoms in total. The quantitative estimate of drug-likeness (QED) is 0.837. The summed E-state index contributed by atoms with van der Waals surface area (Å²) in [7, 11) is 1.67. The summed E-state index contributed by atoms with van der Waals surface area (Å²) in [6.07, 6.45) is 0. The molecule has 1 atom stereocenters. The van der Waals surface area contributed by atoms with Crippen molar-refractivity contribution in [3.05, 3.63) is 47.5 Å². The van der Waals surface area contributed by atoms with Crippen LogP contribution in [0.3, 0.4) is 0 Å². The third kappa shape index (κ3) is 2.69. The zero-order chi connectivity index (χ0) is 15.5. The van der Waals surface area contributed by atoms with Gasteiger partial charge in [-0.15, -0.1) is 0 Å². The molecule has 0 aromatic heterocycles. The molecule has 1 heterocycles. The predicted molar refractivity (Wildman–Crippen MR) is 84.2 cm³/mol. The standard InChI is InChI=1S/C18H20O4/c1-4-20-16-10-18-17(21-11-22-18)9-15(16)12(2)13-5-7-14(19-3)8-6-13/h5-10,12H,4,11H2,1-3H3/t12-/m1/s1. The van der Waals surface area contributed by atoms with Crippen LogP contribution in [-0.2, 0) is 0 Å². The highest BCUT2D eigenvalue weighted by Crippen LogP contribution is 2.42. The Labute approximate surface area is 130 Å². The first kappa shape index (κ1) is 14.6. The second-order valence-electron chi connectivity index (χ2n) is 5.17. The highest BCUT2D eigenvalue weighted by molar-refractivity contribution is 5.54. The van der Waals surface area contributed by atoms with Gasteiger partial charge in [-0.05, 0) is 30.7 Å². The number of fused-ring (bicyclic) bond motifs is 1. The average molecular weight is 300 g/mol. The molecule has 1 aliphatic heterocycles. The second kappa shape index (κ2) is 6.18. The molecule has 1 aliphatic rings. The Bertz CT molecular complexity index is 649. The highest BCUT2D eigenvalue weighted by Gasteiger charge is 2.22. The zero-order valence-corrected chi connectivity index (χ0v) is 13.1. The molecular formula is C18H20O4. The number of hydrogen-bond donors (Lipinski definition) is 0. The molecule has 0 N–H and O–H groups in total. The van der Waals surface area contributed by atoms with Gasteiger partial charge in [-0.2, -0.15) is 0 Å². The molecule has 22 heavy (non-hydrogen) atoms. The van der Waals surface area contributed by atoms with Crippen LogP contribution in [0.2, 0.25) is 0 Å². The summed E-state index contributed by atoms with van der Waals surface area (Å²) in [4.78, 5) is 0. The van der Waals surface area contributed by atoms with Gasteiger partial charge in [-0.25, -0.2) is 0 Å². The van der Waals surface area contributed by atoms with Gasteiger partial charge in [0.15, 0.2) is 11.5 Å². The molecular weight excluding hydrogens is 280 g/mol. The zero-order valence-electron chi connectivity index (χ0n) is 13.1. The van der Waals surface area contributed by atoms with Crippen LogP contribution >= 0.6 is 0 Å². The van der Waals surface area contributed by atoms with Crippen LogP contribution in [0.1, 0.15) is 30.9 Å². The fraction of sp³-hybridized carbons (Fsp3) is 0.333. The lowest BCUT2D eigenvalue weighted by molar-refractivity contribution is 0.173. The van der Waals surface area contributed by atoms with Gasteiger partial charge in [0, 0.05) is 17.5 Å². The first-order chi connectivity index (χ1) is 10.7. The van der Waals surface area contributed by atoms with Gasteiger partial charge in [0.1, 0.15) is 11.5 Å². The molecule has 0 amide bonds. The first-order valence-corrected chi connectivity index (χ1v) is 7.43. The van der Waals surface area contributed by atoms with Gasteiger partial charge in [0.05, 0.1) is 13.7 Å².